The van der Waals surface area contributed by atoms with Gasteiger partial charge in [-0.3, -0.25) is 9.36 Å². The maximum atomic E-state index is 12.4. The molecule has 1 aromatic carbocycles. The lowest BCUT2D eigenvalue weighted by molar-refractivity contribution is 0.0697. The van der Waals surface area contributed by atoms with Crippen LogP contribution in [0.15, 0.2) is 41.5 Å². The van der Waals surface area contributed by atoms with Gasteiger partial charge < -0.3 is 5.11 Å². The largest absolute Gasteiger partial charge is 0.478 e. The Bertz CT molecular complexity index is 878. The molecule has 1 N–H and O–H groups in total. The molecule has 0 amide bonds. The summed E-state index contributed by atoms with van der Waals surface area (Å²) in [6.07, 6.45) is 1.53. The molecule has 3 aromatic rings. The van der Waals surface area contributed by atoms with E-state index in [1.165, 1.54) is 34.4 Å². The zero-order chi connectivity index (χ0) is 15.0. The van der Waals surface area contributed by atoms with Crippen LogP contribution in [0.1, 0.15) is 20.8 Å². The van der Waals surface area contributed by atoms with Crippen molar-refractivity contribution < 1.29 is 9.90 Å². The molecule has 0 aliphatic rings. The first-order chi connectivity index (χ1) is 10.0. The predicted molar refractivity (Wildman–Crippen MR) is 81.1 cm³/mol. The van der Waals surface area contributed by atoms with Gasteiger partial charge in [-0.15, -0.1) is 11.3 Å². The second kappa shape index (κ2) is 5.14. The van der Waals surface area contributed by atoms with Gasteiger partial charge in [-0.05, 0) is 30.7 Å². The first-order valence-electron chi connectivity index (χ1n) is 6.32. The number of aromatic nitrogens is 2. The van der Waals surface area contributed by atoms with Crippen molar-refractivity contribution in [3.63, 3.8) is 0 Å². The number of hydrogen-bond donors (Lipinski definition) is 1. The van der Waals surface area contributed by atoms with E-state index in [2.05, 4.69) is 4.98 Å². The van der Waals surface area contributed by atoms with Gasteiger partial charge in [-0.1, -0.05) is 12.1 Å². The fourth-order valence-corrected chi connectivity index (χ4v) is 2.98. The fourth-order valence-electron chi connectivity index (χ4n) is 2.14. The molecule has 6 heteroatoms. The third-order valence-electron chi connectivity index (χ3n) is 3.20. The number of hydrogen-bond acceptors (Lipinski definition) is 4. The van der Waals surface area contributed by atoms with Crippen molar-refractivity contribution in [3.8, 4) is 0 Å². The summed E-state index contributed by atoms with van der Waals surface area (Å²) in [5.74, 6) is -0.962. The molecule has 0 unspecified atom stereocenters. The third kappa shape index (κ3) is 2.57. The minimum absolute atomic E-state index is 0.0772. The van der Waals surface area contributed by atoms with Gasteiger partial charge in [0.1, 0.15) is 4.83 Å². The van der Waals surface area contributed by atoms with E-state index < -0.39 is 5.97 Å². The Balaban J connectivity index is 1.96. The van der Waals surface area contributed by atoms with E-state index in [0.29, 0.717) is 11.9 Å². The minimum atomic E-state index is -0.962. The van der Waals surface area contributed by atoms with Crippen LogP contribution >= 0.6 is 11.3 Å². The van der Waals surface area contributed by atoms with Gasteiger partial charge in [0.25, 0.3) is 5.56 Å². The zero-order valence-electron chi connectivity index (χ0n) is 11.2. The molecule has 5 nitrogen and oxygen atoms in total. The highest BCUT2D eigenvalue weighted by Gasteiger charge is 2.08. The number of carboxylic acids is 1. The van der Waals surface area contributed by atoms with Crippen molar-refractivity contribution >= 4 is 27.5 Å². The predicted octanol–water partition coefficient (Wildman–Crippen LogP) is 2.51. The van der Waals surface area contributed by atoms with Gasteiger partial charge in [0.2, 0.25) is 0 Å². The molecule has 106 valence electrons. The summed E-state index contributed by atoms with van der Waals surface area (Å²) < 4.78 is 1.53. The minimum Gasteiger partial charge on any atom is -0.478 e. The molecule has 0 saturated heterocycles. The van der Waals surface area contributed by atoms with Crippen LogP contribution in [0.2, 0.25) is 0 Å². The van der Waals surface area contributed by atoms with Crippen LogP contribution in [0.3, 0.4) is 0 Å². The highest BCUT2D eigenvalue weighted by molar-refractivity contribution is 7.18. The zero-order valence-corrected chi connectivity index (χ0v) is 12.1. The van der Waals surface area contributed by atoms with E-state index in [1.54, 1.807) is 12.1 Å². The topological polar surface area (TPSA) is 72.2 Å². The van der Waals surface area contributed by atoms with Gasteiger partial charge >= 0.3 is 5.97 Å². The smallest absolute Gasteiger partial charge is 0.335 e. The quantitative estimate of drug-likeness (QED) is 0.806. The van der Waals surface area contributed by atoms with Crippen LogP contribution in [0.4, 0.5) is 0 Å². The van der Waals surface area contributed by atoms with E-state index in [1.807, 2.05) is 13.0 Å². The Labute approximate surface area is 124 Å². The SMILES string of the molecule is Cc1cc2c(=O)n(Cc3ccc(C(=O)O)cc3)cnc2s1. The second-order valence-electron chi connectivity index (χ2n) is 4.76. The number of aromatic carboxylic acids is 1. The Morgan fingerprint density at radius 2 is 2.05 bits per heavy atom. The number of rotatable bonds is 3. The molecule has 2 aromatic heterocycles. The summed E-state index contributed by atoms with van der Waals surface area (Å²) >= 11 is 1.50. The normalized spacial score (nSPS) is 10.9. The lowest BCUT2D eigenvalue weighted by Gasteiger charge is -2.05. The van der Waals surface area contributed by atoms with Gasteiger partial charge in [-0.25, -0.2) is 9.78 Å². The van der Waals surface area contributed by atoms with Gasteiger partial charge in [0, 0.05) is 4.88 Å². The van der Waals surface area contributed by atoms with Gasteiger partial charge in [0.05, 0.1) is 23.8 Å². The van der Waals surface area contributed by atoms with Crippen molar-refractivity contribution in [2.75, 3.05) is 0 Å². The molecule has 0 radical (unpaired) electrons. The maximum Gasteiger partial charge on any atom is 0.335 e. The molecule has 0 saturated carbocycles. The third-order valence-corrected chi connectivity index (χ3v) is 4.15. The molecule has 0 bridgehead atoms. The van der Waals surface area contributed by atoms with Crippen LogP contribution in [0, 0.1) is 6.92 Å². The number of carboxylic acid groups (broad SMARTS) is 1. The number of nitrogens with zero attached hydrogens (tertiary/aromatic N) is 2. The molecule has 0 atom stereocenters. The van der Waals surface area contributed by atoms with Crippen molar-refractivity contribution in [2.24, 2.45) is 0 Å². The Hall–Kier alpha value is -2.47. The van der Waals surface area contributed by atoms with Crippen LogP contribution in [0.25, 0.3) is 10.2 Å². The molecule has 0 aliphatic carbocycles. The standard InChI is InChI=1S/C15H12N2O3S/c1-9-6-12-13(21-9)16-8-17(14(12)18)7-10-2-4-11(5-3-10)15(19)20/h2-6,8H,7H2,1H3,(H,19,20). The van der Waals surface area contributed by atoms with Crippen LogP contribution in [0.5, 0.6) is 0 Å². The lowest BCUT2D eigenvalue weighted by atomic mass is 10.1. The summed E-state index contributed by atoms with van der Waals surface area (Å²) in [5, 5.41) is 9.49. The lowest BCUT2D eigenvalue weighted by Crippen LogP contribution is -2.20. The number of fused-ring (bicyclic) bond motifs is 1. The second-order valence-corrected chi connectivity index (χ2v) is 5.99. The fraction of sp³-hybridized carbons (Fsp3) is 0.133. The molecular formula is C15H12N2O3S. The molecule has 3 rings (SSSR count). The number of aryl methyl sites for hydroxylation is 1. The summed E-state index contributed by atoms with van der Waals surface area (Å²) in [7, 11) is 0. The summed E-state index contributed by atoms with van der Waals surface area (Å²) in [6.45, 7) is 2.32. The van der Waals surface area contributed by atoms with Crippen LogP contribution < -0.4 is 5.56 Å². The van der Waals surface area contributed by atoms with Crippen molar-refractivity contribution in [2.45, 2.75) is 13.5 Å². The molecule has 21 heavy (non-hydrogen) atoms. The van der Waals surface area contributed by atoms with E-state index in [9.17, 15) is 9.59 Å². The first kappa shape index (κ1) is 13.5. The number of carbonyl (C=O) groups is 1. The maximum absolute atomic E-state index is 12.4. The van der Waals surface area contributed by atoms with E-state index in [4.69, 9.17) is 5.11 Å². The van der Waals surface area contributed by atoms with Crippen molar-refractivity contribution in [3.05, 3.63) is 63.0 Å². The van der Waals surface area contributed by atoms with E-state index in [-0.39, 0.29) is 11.1 Å². The summed E-state index contributed by atoms with van der Waals surface area (Å²) in [4.78, 5) is 29.3. The Kier molecular flexibility index (Phi) is 3.31. The van der Waals surface area contributed by atoms with Gasteiger partial charge in [0.15, 0.2) is 0 Å². The molecule has 0 fully saturated rings. The monoisotopic (exact) mass is 300 g/mol. The number of thiophene rings is 1. The van der Waals surface area contributed by atoms with Gasteiger partial charge in [-0.2, -0.15) is 0 Å². The number of benzene rings is 1. The first-order valence-corrected chi connectivity index (χ1v) is 7.14. The molecule has 0 aliphatic heterocycles. The Morgan fingerprint density at radius 3 is 2.71 bits per heavy atom. The van der Waals surface area contributed by atoms with Crippen LogP contribution in [-0.4, -0.2) is 20.6 Å². The Morgan fingerprint density at radius 1 is 1.33 bits per heavy atom. The van der Waals surface area contributed by atoms with Crippen molar-refractivity contribution in [1.82, 2.24) is 9.55 Å². The van der Waals surface area contributed by atoms with Crippen molar-refractivity contribution in [1.29, 1.82) is 0 Å². The average Bonchev–Trinajstić information content (AvgIpc) is 2.84. The average molecular weight is 300 g/mol. The van der Waals surface area contributed by atoms with E-state index >= 15 is 0 Å². The highest BCUT2D eigenvalue weighted by Crippen LogP contribution is 2.19. The molecular weight excluding hydrogens is 288 g/mol. The van der Waals surface area contributed by atoms with Crippen LogP contribution in [-0.2, 0) is 6.54 Å². The summed E-state index contributed by atoms with van der Waals surface area (Å²) in [5.41, 5.74) is 1.01. The molecule has 0 spiro atoms. The van der Waals surface area contributed by atoms with E-state index in [0.717, 1.165) is 15.3 Å². The molecule has 2 heterocycles. The highest BCUT2D eigenvalue weighted by atomic mass is 32.1. The summed E-state index contributed by atoms with van der Waals surface area (Å²) in [6, 6.07) is 8.32.